The van der Waals surface area contributed by atoms with Gasteiger partial charge in [0.2, 0.25) is 24.1 Å². The molecule has 4 heterocycles. The van der Waals surface area contributed by atoms with Crippen molar-refractivity contribution in [2.45, 2.75) is 55.9 Å². The molecule has 4 aliphatic heterocycles. The van der Waals surface area contributed by atoms with Crippen LogP contribution in [0.2, 0.25) is 0 Å². The Bertz CT molecular complexity index is 1690. The number of rotatable bonds is 5. The Morgan fingerprint density at radius 2 is 1.44 bits per heavy atom. The van der Waals surface area contributed by atoms with E-state index in [-0.39, 0.29) is 37.3 Å². The number of cyclic esters (lactones) is 1. The van der Waals surface area contributed by atoms with Crippen molar-refractivity contribution in [1.29, 1.82) is 0 Å². The monoisotopic (exact) mass is 696 g/mol. The number of fused-ring (bicyclic) bond motifs is 4. The van der Waals surface area contributed by atoms with Crippen LogP contribution in [-0.4, -0.2) is 104 Å². The topological polar surface area (TPSA) is 195 Å². The van der Waals surface area contributed by atoms with E-state index in [0.717, 1.165) is 0 Å². The lowest BCUT2D eigenvalue weighted by Crippen LogP contribution is -2.63. The van der Waals surface area contributed by atoms with E-state index in [4.69, 9.17) is 42.6 Å². The Morgan fingerprint density at radius 3 is 2.06 bits per heavy atom. The second-order valence-corrected chi connectivity index (χ2v) is 12.4. The third-order valence-corrected chi connectivity index (χ3v) is 9.60. The molecule has 15 nitrogen and oxygen atoms in total. The van der Waals surface area contributed by atoms with E-state index in [1.54, 1.807) is 43.3 Å². The van der Waals surface area contributed by atoms with E-state index >= 15 is 0 Å². The number of aliphatic hydroxyl groups is 2. The molecule has 2 aromatic rings. The Hall–Kier alpha value is -4.51. The smallest absolute Gasteiger partial charge is 0.310 e. The first-order chi connectivity index (χ1) is 24.1. The third kappa shape index (κ3) is 5.99. The van der Waals surface area contributed by atoms with E-state index in [1.807, 2.05) is 0 Å². The second-order valence-electron chi connectivity index (χ2n) is 12.4. The largest absolute Gasteiger partial charge is 0.502 e. The molecule has 0 aromatic heterocycles. The minimum Gasteiger partial charge on any atom is -0.502 e. The fourth-order valence-electron chi connectivity index (χ4n) is 7.19. The van der Waals surface area contributed by atoms with Gasteiger partial charge in [0.1, 0.15) is 24.4 Å². The molecule has 3 N–H and O–H groups in total. The SMILES string of the molecule is COc1cc([C@@H]2c3cc4c(cc3C(O[C@@H]3O[C@@H]5CO[C@@H](C)O[C@H]5[C@H](O)[C@H]3O)C3COC(=O)[C@@H]32)OCO4)cc(OC)c1O.O=C1C=CC=CC1=O. The summed E-state index contributed by atoms with van der Waals surface area (Å²) >= 11 is 0. The van der Waals surface area contributed by atoms with E-state index in [2.05, 4.69) is 0 Å². The first kappa shape index (κ1) is 34.0. The van der Waals surface area contributed by atoms with Crippen LogP contribution in [0.1, 0.15) is 35.6 Å². The highest BCUT2D eigenvalue weighted by Crippen LogP contribution is 2.57. The lowest BCUT2D eigenvalue weighted by molar-refractivity contribution is -0.364. The van der Waals surface area contributed by atoms with Crippen molar-refractivity contribution in [3.8, 4) is 28.7 Å². The maximum absolute atomic E-state index is 13.4. The fraction of sp³-hybridized carbons (Fsp3) is 0.457. The molecular formula is C35H36O15. The molecule has 2 aliphatic carbocycles. The van der Waals surface area contributed by atoms with E-state index in [9.17, 15) is 29.7 Å². The predicted octanol–water partition coefficient (Wildman–Crippen LogP) is 1.59. The maximum atomic E-state index is 13.4. The highest BCUT2D eigenvalue weighted by molar-refractivity contribution is 6.46. The number of methoxy groups -OCH3 is 2. The van der Waals surface area contributed by atoms with Crippen LogP contribution in [0.3, 0.4) is 0 Å². The number of aliphatic hydroxyl groups excluding tert-OH is 2. The average Bonchev–Trinajstić information content (AvgIpc) is 3.74. The molecule has 0 spiro atoms. The van der Waals surface area contributed by atoms with Gasteiger partial charge in [0.15, 0.2) is 35.6 Å². The number of aromatic hydroxyl groups is 1. The van der Waals surface area contributed by atoms with Gasteiger partial charge in [-0.3, -0.25) is 14.4 Å². The Kier molecular flexibility index (Phi) is 9.28. The normalized spacial score (nSPS) is 33.4. The summed E-state index contributed by atoms with van der Waals surface area (Å²) < 4.78 is 51.5. The zero-order chi connectivity index (χ0) is 35.3. The number of hydrogen-bond acceptors (Lipinski definition) is 15. The van der Waals surface area contributed by atoms with Crippen LogP contribution < -0.4 is 18.9 Å². The number of hydrogen-bond donors (Lipinski definition) is 3. The minimum absolute atomic E-state index is 0.0301. The number of phenolic OH excluding ortho intramolecular Hbond substituents is 1. The third-order valence-electron chi connectivity index (χ3n) is 9.60. The number of ether oxygens (including phenoxy) is 9. The number of carbonyl (C=O) groups is 3. The van der Waals surface area contributed by atoms with Gasteiger partial charge in [-0.2, -0.15) is 0 Å². The molecule has 6 aliphatic rings. The molecule has 8 rings (SSSR count). The van der Waals surface area contributed by atoms with E-state index in [0.29, 0.717) is 28.2 Å². The van der Waals surface area contributed by atoms with Gasteiger partial charge in [0.25, 0.3) is 0 Å². The van der Waals surface area contributed by atoms with Crippen LogP contribution in [0, 0.1) is 11.8 Å². The molecule has 50 heavy (non-hydrogen) atoms. The molecule has 2 aromatic carbocycles. The summed E-state index contributed by atoms with van der Waals surface area (Å²) in [5.74, 6) is -1.90. The van der Waals surface area contributed by atoms with Gasteiger partial charge in [-0.15, -0.1) is 0 Å². The van der Waals surface area contributed by atoms with Crippen LogP contribution in [-0.2, 0) is 38.1 Å². The van der Waals surface area contributed by atoms with Gasteiger partial charge in [-0.05, 0) is 60.0 Å². The first-order valence-electron chi connectivity index (χ1n) is 16.0. The maximum Gasteiger partial charge on any atom is 0.310 e. The average molecular weight is 697 g/mol. The van der Waals surface area contributed by atoms with Crippen LogP contribution in [0.4, 0.5) is 0 Å². The molecule has 0 bridgehead atoms. The molecule has 266 valence electrons. The highest BCUT2D eigenvalue weighted by atomic mass is 16.8. The van der Waals surface area contributed by atoms with Gasteiger partial charge in [-0.1, -0.05) is 12.2 Å². The summed E-state index contributed by atoms with van der Waals surface area (Å²) in [4.78, 5) is 34.0. The molecule has 2 unspecified atom stereocenters. The van der Waals surface area contributed by atoms with Crippen LogP contribution >= 0.6 is 0 Å². The molecule has 15 heteroatoms. The Labute approximate surface area is 285 Å². The quantitative estimate of drug-likeness (QED) is 0.232. The van der Waals surface area contributed by atoms with Crippen molar-refractivity contribution in [1.82, 2.24) is 0 Å². The molecular weight excluding hydrogens is 660 g/mol. The summed E-state index contributed by atoms with van der Waals surface area (Å²) in [6.45, 7) is 1.93. The molecule has 3 fully saturated rings. The van der Waals surface area contributed by atoms with Gasteiger partial charge in [0.05, 0.1) is 39.5 Å². The number of ketones is 2. The van der Waals surface area contributed by atoms with Crippen molar-refractivity contribution in [3.63, 3.8) is 0 Å². The summed E-state index contributed by atoms with van der Waals surface area (Å²) in [7, 11) is 2.86. The predicted molar refractivity (Wildman–Crippen MR) is 167 cm³/mol. The molecule has 10 atom stereocenters. The van der Waals surface area contributed by atoms with E-state index in [1.165, 1.54) is 26.4 Å². The standard InChI is InChI=1S/C29H32O13.C6H4O2/c1-11-36-9-20-27(40-11)24(31)25(32)29(41-20)42-26-14-7-17-16(38-10-39-17)6-13(14)21(22-15(26)8-37-28(22)33)12-4-18(34-2)23(30)19(5-12)35-3;7-5-3-1-2-4-6(5)8/h4-7,11,15,20-22,24-27,29-32H,8-10H2,1-3H3;1-4H/t11-,15?,20-,21-,22+,24-,25-,26?,27-,29+;/m1./s1. The van der Waals surface area contributed by atoms with Crippen LogP contribution in [0.25, 0.3) is 0 Å². The number of phenols is 1. The molecule has 0 saturated carbocycles. The Balaban J connectivity index is 0.000000433. The number of esters is 1. The zero-order valence-corrected chi connectivity index (χ0v) is 27.3. The van der Waals surface area contributed by atoms with Crippen molar-refractivity contribution in [2.75, 3.05) is 34.2 Å². The van der Waals surface area contributed by atoms with E-state index < -0.39 is 78.4 Å². The van der Waals surface area contributed by atoms with Crippen molar-refractivity contribution in [2.24, 2.45) is 11.8 Å². The summed E-state index contributed by atoms with van der Waals surface area (Å²) in [6.07, 6.45) is -1.20. The summed E-state index contributed by atoms with van der Waals surface area (Å²) in [5.41, 5.74) is 2.01. The van der Waals surface area contributed by atoms with Crippen molar-refractivity contribution in [3.05, 3.63) is 65.3 Å². The lowest BCUT2D eigenvalue weighted by atomic mass is 9.66. The summed E-state index contributed by atoms with van der Waals surface area (Å²) in [6, 6.07) is 6.93. The molecule has 3 saturated heterocycles. The number of carbonyl (C=O) groups excluding carboxylic acids is 3. The summed E-state index contributed by atoms with van der Waals surface area (Å²) in [5, 5.41) is 32.5. The van der Waals surface area contributed by atoms with Crippen LogP contribution in [0.15, 0.2) is 48.6 Å². The number of allylic oxidation sites excluding steroid dienone is 4. The number of benzene rings is 2. The first-order valence-corrected chi connectivity index (χ1v) is 16.0. The van der Waals surface area contributed by atoms with Gasteiger partial charge < -0.3 is 58.0 Å². The van der Waals surface area contributed by atoms with Crippen molar-refractivity contribution >= 4 is 17.5 Å². The van der Waals surface area contributed by atoms with Gasteiger partial charge >= 0.3 is 5.97 Å². The minimum atomic E-state index is -1.44. The van der Waals surface area contributed by atoms with Gasteiger partial charge in [-0.25, -0.2) is 0 Å². The zero-order valence-electron chi connectivity index (χ0n) is 27.3. The molecule has 0 radical (unpaired) electrons. The highest BCUT2D eigenvalue weighted by Gasteiger charge is 2.56. The van der Waals surface area contributed by atoms with Crippen LogP contribution in [0.5, 0.6) is 28.7 Å². The van der Waals surface area contributed by atoms with Gasteiger partial charge in [0, 0.05) is 11.8 Å². The Morgan fingerprint density at radius 1 is 0.800 bits per heavy atom. The lowest BCUT2D eigenvalue weighted by Gasteiger charge is -2.47. The van der Waals surface area contributed by atoms with Crippen molar-refractivity contribution < 1.29 is 72.3 Å². The molecule has 0 amide bonds. The second kappa shape index (κ2) is 13.7. The fourth-order valence-corrected chi connectivity index (χ4v) is 7.19.